The number of alkyl halides is 3. The Morgan fingerprint density at radius 3 is 2.11 bits per heavy atom. The number of ether oxygens (including phenoxy) is 2. The predicted octanol–water partition coefficient (Wildman–Crippen LogP) is 5.47. The summed E-state index contributed by atoms with van der Waals surface area (Å²) in [5.41, 5.74) is 1.74. The molecule has 3 aromatic carbocycles. The van der Waals surface area contributed by atoms with Gasteiger partial charge in [-0.25, -0.2) is 0 Å². The van der Waals surface area contributed by atoms with Crippen molar-refractivity contribution in [2.45, 2.75) is 31.1 Å². The van der Waals surface area contributed by atoms with Gasteiger partial charge in [0, 0.05) is 13.1 Å². The molecule has 186 valence electrons. The topological polar surface area (TPSA) is 59.6 Å². The molecule has 0 saturated carbocycles. The van der Waals surface area contributed by atoms with Gasteiger partial charge in [-0.05, 0) is 53.8 Å². The Morgan fingerprint density at radius 2 is 1.54 bits per heavy atom. The smallest absolute Gasteiger partial charge is 0.416 e. The Labute approximate surface area is 203 Å². The first-order valence-electron chi connectivity index (χ1n) is 11.2. The van der Waals surface area contributed by atoms with Crippen molar-refractivity contribution in [3.63, 3.8) is 0 Å². The number of likely N-dealkylation sites (N-methyl/N-ethyl adjacent to an activating group) is 1. The summed E-state index contributed by atoms with van der Waals surface area (Å²) in [7, 11) is 4.67. The van der Waals surface area contributed by atoms with E-state index in [0.717, 1.165) is 28.8 Å². The average molecular weight is 487 g/mol. The van der Waals surface area contributed by atoms with Crippen molar-refractivity contribution in [2.75, 3.05) is 21.3 Å². The molecule has 0 fully saturated rings. The number of methoxy groups -OCH3 is 2. The number of nitrogens with one attached hydrogen (secondary N) is 2. The lowest BCUT2D eigenvalue weighted by molar-refractivity contribution is -0.137. The van der Waals surface area contributed by atoms with Gasteiger partial charge in [-0.1, -0.05) is 48.5 Å². The normalized spacial score (nSPS) is 13.1. The minimum atomic E-state index is -4.38. The van der Waals surface area contributed by atoms with Gasteiger partial charge in [0.1, 0.15) is 6.04 Å². The van der Waals surface area contributed by atoms with E-state index in [0.29, 0.717) is 24.3 Å². The monoisotopic (exact) mass is 486 g/mol. The zero-order valence-corrected chi connectivity index (χ0v) is 19.9. The summed E-state index contributed by atoms with van der Waals surface area (Å²) < 4.78 is 49.6. The van der Waals surface area contributed by atoms with Crippen molar-refractivity contribution in [1.82, 2.24) is 10.6 Å². The Hall–Kier alpha value is -3.52. The highest BCUT2D eigenvalue weighted by Gasteiger charge is 2.30. The van der Waals surface area contributed by atoms with Gasteiger partial charge in [0.25, 0.3) is 0 Å². The van der Waals surface area contributed by atoms with E-state index < -0.39 is 17.8 Å². The van der Waals surface area contributed by atoms with Crippen molar-refractivity contribution in [3.8, 4) is 11.5 Å². The molecule has 3 rings (SSSR count). The maximum Gasteiger partial charge on any atom is 0.416 e. The molecule has 0 aliphatic rings. The number of hydrogen-bond donors (Lipinski definition) is 2. The molecule has 2 atom stereocenters. The van der Waals surface area contributed by atoms with Crippen LogP contribution in [-0.4, -0.2) is 27.2 Å². The first kappa shape index (κ1) is 26.1. The third-order valence-electron chi connectivity index (χ3n) is 5.82. The molecule has 0 aliphatic carbocycles. The maximum atomic E-state index is 12.9. The van der Waals surface area contributed by atoms with Gasteiger partial charge in [-0.3, -0.25) is 10.1 Å². The van der Waals surface area contributed by atoms with Crippen LogP contribution in [0, 0.1) is 0 Å². The SMILES string of the molecule is CNC(=O)[C@@H](N[C@H](CCc1ccc(C(F)(F)F)cc1)c1ccc(OC)c(OC)c1)c1ccccc1. The van der Waals surface area contributed by atoms with E-state index in [9.17, 15) is 18.0 Å². The fourth-order valence-electron chi connectivity index (χ4n) is 3.90. The second kappa shape index (κ2) is 11.8. The number of benzene rings is 3. The molecular weight excluding hydrogens is 457 g/mol. The summed E-state index contributed by atoms with van der Waals surface area (Å²) in [5, 5.41) is 6.15. The summed E-state index contributed by atoms with van der Waals surface area (Å²) in [6, 6.07) is 19.1. The highest BCUT2D eigenvalue weighted by atomic mass is 19.4. The Balaban J connectivity index is 1.91. The van der Waals surface area contributed by atoms with Crippen molar-refractivity contribution >= 4 is 5.91 Å². The lowest BCUT2D eigenvalue weighted by Gasteiger charge is -2.26. The van der Waals surface area contributed by atoms with Crippen LogP contribution in [0.2, 0.25) is 0 Å². The first-order valence-corrected chi connectivity index (χ1v) is 11.2. The molecule has 2 N–H and O–H groups in total. The van der Waals surface area contributed by atoms with Gasteiger partial charge in [-0.2, -0.15) is 13.2 Å². The molecular formula is C27H29F3N2O3. The largest absolute Gasteiger partial charge is 0.493 e. The van der Waals surface area contributed by atoms with Gasteiger partial charge in [0.15, 0.2) is 11.5 Å². The third-order valence-corrected chi connectivity index (χ3v) is 5.82. The molecule has 3 aromatic rings. The van der Waals surface area contributed by atoms with Crippen LogP contribution in [0.4, 0.5) is 13.2 Å². The van der Waals surface area contributed by atoms with Crippen molar-refractivity contribution in [1.29, 1.82) is 0 Å². The van der Waals surface area contributed by atoms with Crippen LogP contribution in [0.25, 0.3) is 0 Å². The van der Waals surface area contributed by atoms with Gasteiger partial charge >= 0.3 is 6.18 Å². The van der Waals surface area contributed by atoms with Crippen LogP contribution in [0.15, 0.2) is 72.8 Å². The van der Waals surface area contributed by atoms with Crippen LogP contribution in [-0.2, 0) is 17.4 Å². The van der Waals surface area contributed by atoms with E-state index in [-0.39, 0.29) is 11.9 Å². The number of aryl methyl sites for hydroxylation is 1. The highest BCUT2D eigenvalue weighted by Crippen LogP contribution is 2.33. The maximum absolute atomic E-state index is 12.9. The quantitative estimate of drug-likeness (QED) is 0.399. The first-order chi connectivity index (χ1) is 16.8. The van der Waals surface area contributed by atoms with Crippen LogP contribution < -0.4 is 20.1 Å². The predicted molar refractivity (Wildman–Crippen MR) is 128 cm³/mol. The summed E-state index contributed by atoms with van der Waals surface area (Å²) >= 11 is 0. The van der Waals surface area contributed by atoms with Gasteiger partial charge in [0.2, 0.25) is 5.91 Å². The molecule has 0 spiro atoms. The van der Waals surface area contributed by atoms with E-state index in [1.54, 1.807) is 27.3 Å². The second-order valence-electron chi connectivity index (χ2n) is 8.02. The minimum absolute atomic E-state index is 0.198. The number of hydrogen-bond acceptors (Lipinski definition) is 4. The molecule has 0 heterocycles. The number of carbonyl (C=O) groups is 1. The molecule has 0 aromatic heterocycles. The standard InChI is InChI=1S/C27H29F3N2O3/c1-31-26(33)25(19-7-5-4-6-8-19)32-22(20-12-16-23(34-2)24(17-20)35-3)15-11-18-9-13-21(14-10-18)27(28,29)30/h4-10,12-14,16-17,22,25,32H,11,15H2,1-3H3,(H,31,33)/t22-,25+/m1/s1. The molecule has 0 unspecified atom stereocenters. The summed E-state index contributed by atoms with van der Waals surface area (Å²) in [4.78, 5) is 12.8. The summed E-state index contributed by atoms with van der Waals surface area (Å²) in [6.07, 6.45) is -3.35. The average Bonchev–Trinajstić information content (AvgIpc) is 2.88. The van der Waals surface area contributed by atoms with E-state index >= 15 is 0 Å². The highest BCUT2D eigenvalue weighted by molar-refractivity contribution is 5.83. The zero-order chi connectivity index (χ0) is 25.4. The van der Waals surface area contributed by atoms with Gasteiger partial charge < -0.3 is 14.8 Å². The van der Waals surface area contributed by atoms with Crippen LogP contribution in [0.5, 0.6) is 11.5 Å². The van der Waals surface area contributed by atoms with Crippen LogP contribution in [0.1, 0.15) is 40.8 Å². The minimum Gasteiger partial charge on any atom is -0.493 e. The fourth-order valence-corrected chi connectivity index (χ4v) is 3.90. The van der Waals surface area contributed by atoms with E-state index in [4.69, 9.17) is 9.47 Å². The van der Waals surface area contributed by atoms with E-state index in [2.05, 4.69) is 10.6 Å². The molecule has 35 heavy (non-hydrogen) atoms. The molecule has 0 radical (unpaired) electrons. The van der Waals surface area contributed by atoms with Gasteiger partial charge in [-0.15, -0.1) is 0 Å². The fraction of sp³-hybridized carbons (Fsp3) is 0.296. The van der Waals surface area contributed by atoms with Crippen molar-refractivity contribution in [3.05, 3.63) is 95.1 Å². The molecule has 0 aliphatic heterocycles. The Bertz CT molecular complexity index is 1100. The Kier molecular flexibility index (Phi) is 8.76. The lowest BCUT2D eigenvalue weighted by atomic mass is 9.95. The number of amides is 1. The third kappa shape index (κ3) is 6.76. The molecule has 0 saturated heterocycles. The van der Waals surface area contributed by atoms with Crippen LogP contribution >= 0.6 is 0 Å². The van der Waals surface area contributed by atoms with Crippen LogP contribution in [0.3, 0.4) is 0 Å². The zero-order valence-electron chi connectivity index (χ0n) is 19.9. The van der Waals surface area contributed by atoms with E-state index in [1.165, 1.54) is 12.1 Å². The van der Waals surface area contributed by atoms with Crippen molar-refractivity contribution in [2.24, 2.45) is 0 Å². The summed E-state index contributed by atoms with van der Waals surface area (Å²) in [5.74, 6) is 0.919. The molecule has 5 nitrogen and oxygen atoms in total. The van der Waals surface area contributed by atoms with Gasteiger partial charge in [0.05, 0.1) is 19.8 Å². The number of rotatable bonds is 10. The number of carbonyl (C=O) groups excluding carboxylic acids is 1. The van der Waals surface area contributed by atoms with Crippen molar-refractivity contribution < 1.29 is 27.4 Å². The molecule has 0 bridgehead atoms. The molecule has 8 heteroatoms. The molecule has 1 amide bonds. The summed E-state index contributed by atoms with van der Waals surface area (Å²) in [6.45, 7) is 0. The van der Waals surface area contributed by atoms with E-state index in [1.807, 2.05) is 42.5 Å². The second-order valence-corrected chi connectivity index (χ2v) is 8.02. The Morgan fingerprint density at radius 1 is 0.886 bits per heavy atom. The number of halogens is 3. The lowest BCUT2D eigenvalue weighted by Crippen LogP contribution is -2.38.